The predicted molar refractivity (Wildman–Crippen MR) is 90.1 cm³/mol. The summed E-state index contributed by atoms with van der Waals surface area (Å²) < 4.78 is -0.940. The van der Waals surface area contributed by atoms with Crippen LogP contribution < -0.4 is 0 Å². The molecule has 0 aliphatic heterocycles. The second kappa shape index (κ2) is 8.32. The van der Waals surface area contributed by atoms with Crippen LogP contribution in [0, 0.1) is 11.3 Å². The van der Waals surface area contributed by atoms with Crippen LogP contribution in [0.25, 0.3) is 11.1 Å². The summed E-state index contributed by atoms with van der Waals surface area (Å²) in [5.74, 6) is -0.873. The van der Waals surface area contributed by atoms with Gasteiger partial charge in [0.1, 0.15) is 4.75 Å². The number of aliphatic hydroxyl groups is 1. The van der Waals surface area contributed by atoms with Crippen molar-refractivity contribution >= 4 is 17.7 Å². The normalized spacial score (nSPS) is 10.2. The Labute approximate surface area is 139 Å². The fourth-order valence-corrected chi connectivity index (χ4v) is 2.79. The van der Waals surface area contributed by atoms with E-state index in [0.29, 0.717) is 5.56 Å². The third kappa shape index (κ3) is 4.81. The molecule has 0 amide bonds. The SMILES string of the molecule is CC(C)(Sc1cnccc1-c1ccc(C#N)cc1)C(=O)O.CO. The van der Waals surface area contributed by atoms with E-state index in [4.69, 9.17) is 10.4 Å². The molecule has 0 radical (unpaired) electrons. The van der Waals surface area contributed by atoms with Crippen molar-refractivity contribution in [2.45, 2.75) is 23.5 Å². The topological polar surface area (TPSA) is 94.2 Å². The lowest BCUT2D eigenvalue weighted by molar-refractivity contribution is -0.138. The van der Waals surface area contributed by atoms with Gasteiger partial charge < -0.3 is 10.2 Å². The molecule has 120 valence electrons. The second-order valence-electron chi connectivity index (χ2n) is 4.98. The number of nitrogens with zero attached hydrogens (tertiary/aromatic N) is 2. The van der Waals surface area contributed by atoms with Gasteiger partial charge in [-0.2, -0.15) is 5.26 Å². The number of hydrogen-bond donors (Lipinski definition) is 2. The number of carboxylic acids is 1. The number of pyridine rings is 1. The van der Waals surface area contributed by atoms with Crippen molar-refractivity contribution in [2.24, 2.45) is 0 Å². The maximum atomic E-state index is 11.3. The summed E-state index contributed by atoms with van der Waals surface area (Å²) in [7, 11) is 1.00. The second-order valence-corrected chi connectivity index (χ2v) is 6.64. The van der Waals surface area contributed by atoms with Gasteiger partial charge in [-0.15, -0.1) is 11.8 Å². The van der Waals surface area contributed by atoms with Crippen LogP contribution in [0.5, 0.6) is 0 Å². The Morgan fingerprint density at radius 2 is 1.83 bits per heavy atom. The van der Waals surface area contributed by atoms with E-state index >= 15 is 0 Å². The average Bonchev–Trinajstić information content (AvgIpc) is 2.57. The lowest BCUT2D eigenvalue weighted by atomic mass is 10.1. The molecule has 23 heavy (non-hydrogen) atoms. The van der Waals surface area contributed by atoms with Crippen LogP contribution in [0.15, 0.2) is 47.6 Å². The fraction of sp³-hybridized carbons (Fsp3) is 0.235. The fourth-order valence-electron chi connectivity index (χ4n) is 1.74. The summed E-state index contributed by atoms with van der Waals surface area (Å²) in [6.45, 7) is 3.32. The number of aliphatic carboxylic acids is 1. The highest BCUT2D eigenvalue weighted by atomic mass is 32.2. The molecule has 0 atom stereocenters. The first-order valence-electron chi connectivity index (χ1n) is 6.76. The summed E-state index contributed by atoms with van der Waals surface area (Å²) in [5, 5.41) is 25.1. The number of aromatic nitrogens is 1. The number of carboxylic acid groups (broad SMARTS) is 1. The third-order valence-electron chi connectivity index (χ3n) is 2.99. The molecule has 0 aliphatic rings. The lowest BCUT2D eigenvalue weighted by Gasteiger charge is -2.20. The van der Waals surface area contributed by atoms with Crippen LogP contribution in [0.4, 0.5) is 0 Å². The summed E-state index contributed by atoms with van der Waals surface area (Å²) in [6.07, 6.45) is 3.34. The Morgan fingerprint density at radius 1 is 1.22 bits per heavy atom. The molecular formula is C17H18N2O3S. The van der Waals surface area contributed by atoms with Crippen molar-refractivity contribution in [3.05, 3.63) is 48.3 Å². The van der Waals surface area contributed by atoms with E-state index in [1.807, 2.05) is 18.2 Å². The van der Waals surface area contributed by atoms with Gasteiger partial charge in [0, 0.05) is 24.4 Å². The molecule has 1 aromatic carbocycles. The van der Waals surface area contributed by atoms with Gasteiger partial charge >= 0.3 is 5.97 Å². The summed E-state index contributed by atoms with van der Waals surface area (Å²) in [4.78, 5) is 16.2. The first-order chi connectivity index (χ1) is 10.9. The highest BCUT2D eigenvalue weighted by molar-refractivity contribution is 8.01. The van der Waals surface area contributed by atoms with Crippen molar-refractivity contribution in [1.82, 2.24) is 4.98 Å². The monoisotopic (exact) mass is 330 g/mol. The van der Waals surface area contributed by atoms with Gasteiger partial charge in [-0.3, -0.25) is 9.78 Å². The van der Waals surface area contributed by atoms with Crippen LogP contribution >= 0.6 is 11.8 Å². The zero-order valence-electron chi connectivity index (χ0n) is 13.1. The average molecular weight is 330 g/mol. The van der Waals surface area contributed by atoms with Gasteiger partial charge in [-0.25, -0.2) is 0 Å². The van der Waals surface area contributed by atoms with Crippen molar-refractivity contribution in [3.63, 3.8) is 0 Å². The Morgan fingerprint density at radius 3 is 2.35 bits per heavy atom. The van der Waals surface area contributed by atoms with Gasteiger partial charge in [0.2, 0.25) is 0 Å². The first-order valence-corrected chi connectivity index (χ1v) is 7.57. The molecule has 0 unspecified atom stereocenters. The molecule has 0 saturated carbocycles. The van der Waals surface area contributed by atoms with Gasteiger partial charge in [-0.1, -0.05) is 12.1 Å². The number of benzene rings is 1. The first kappa shape index (κ1) is 18.7. The summed E-state index contributed by atoms with van der Waals surface area (Å²) in [5.41, 5.74) is 2.43. The van der Waals surface area contributed by atoms with E-state index in [2.05, 4.69) is 11.1 Å². The molecule has 5 nitrogen and oxygen atoms in total. The molecular weight excluding hydrogens is 312 g/mol. The maximum absolute atomic E-state index is 11.3. The number of aliphatic hydroxyl groups excluding tert-OH is 1. The molecule has 2 aromatic rings. The number of nitriles is 1. The summed E-state index contributed by atoms with van der Waals surface area (Å²) in [6, 6.07) is 11.1. The van der Waals surface area contributed by atoms with Crippen molar-refractivity contribution in [1.29, 1.82) is 5.26 Å². The van der Waals surface area contributed by atoms with Gasteiger partial charge in [0.15, 0.2) is 0 Å². The molecule has 2 N–H and O–H groups in total. The molecule has 2 rings (SSSR count). The lowest BCUT2D eigenvalue weighted by Crippen LogP contribution is -2.27. The zero-order chi connectivity index (χ0) is 17.5. The van der Waals surface area contributed by atoms with Crippen molar-refractivity contribution in [3.8, 4) is 17.2 Å². The molecule has 0 aliphatic carbocycles. The van der Waals surface area contributed by atoms with E-state index in [9.17, 15) is 9.90 Å². The minimum absolute atomic E-state index is 0.591. The Bertz CT molecular complexity index is 707. The van der Waals surface area contributed by atoms with Crippen LogP contribution in [-0.4, -0.2) is 33.0 Å². The predicted octanol–water partition coefficient (Wildman–Crippen LogP) is 3.18. The Balaban J connectivity index is 0.00000127. The quantitative estimate of drug-likeness (QED) is 0.836. The smallest absolute Gasteiger partial charge is 0.319 e. The van der Waals surface area contributed by atoms with Crippen LogP contribution in [0.3, 0.4) is 0 Å². The maximum Gasteiger partial charge on any atom is 0.319 e. The summed E-state index contributed by atoms with van der Waals surface area (Å²) >= 11 is 1.26. The van der Waals surface area contributed by atoms with E-state index in [1.54, 1.807) is 38.4 Å². The van der Waals surface area contributed by atoms with E-state index in [0.717, 1.165) is 23.1 Å². The molecule has 0 saturated heterocycles. The Kier molecular flexibility index (Phi) is 6.76. The van der Waals surface area contributed by atoms with Crippen molar-refractivity contribution < 1.29 is 15.0 Å². The van der Waals surface area contributed by atoms with Crippen LogP contribution in [0.2, 0.25) is 0 Å². The minimum Gasteiger partial charge on any atom is -0.480 e. The highest BCUT2D eigenvalue weighted by Gasteiger charge is 2.29. The number of thioether (sulfide) groups is 1. The van der Waals surface area contributed by atoms with Crippen molar-refractivity contribution in [2.75, 3.05) is 7.11 Å². The zero-order valence-corrected chi connectivity index (χ0v) is 14.0. The van der Waals surface area contributed by atoms with Gasteiger partial charge in [0.05, 0.1) is 11.6 Å². The Hall–Kier alpha value is -2.36. The third-order valence-corrected chi connectivity index (χ3v) is 4.22. The molecule has 1 aromatic heterocycles. The van der Waals surface area contributed by atoms with E-state index in [1.165, 1.54) is 11.8 Å². The number of hydrogen-bond acceptors (Lipinski definition) is 5. The standard InChI is InChI=1S/C16H14N2O2S.CH4O/c1-16(2,15(19)20)21-14-10-18-8-7-13(14)12-5-3-11(9-17)4-6-12;1-2/h3-8,10H,1-2H3,(H,19,20);2H,1H3. The molecule has 0 bridgehead atoms. The van der Waals surface area contributed by atoms with Crippen LogP contribution in [0.1, 0.15) is 19.4 Å². The van der Waals surface area contributed by atoms with Gasteiger partial charge in [0.25, 0.3) is 0 Å². The molecule has 1 heterocycles. The largest absolute Gasteiger partial charge is 0.480 e. The number of rotatable bonds is 4. The van der Waals surface area contributed by atoms with E-state index in [-0.39, 0.29) is 0 Å². The van der Waals surface area contributed by atoms with E-state index < -0.39 is 10.7 Å². The molecule has 6 heteroatoms. The molecule has 0 fully saturated rings. The minimum atomic E-state index is -0.940. The highest BCUT2D eigenvalue weighted by Crippen LogP contribution is 2.38. The van der Waals surface area contributed by atoms with Crippen LogP contribution in [-0.2, 0) is 4.79 Å². The molecule has 0 spiro atoms. The number of carbonyl (C=O) groups is 1. The van der Waals surface area contributed by atoms with Gasteiger partial charge in [-0.05, 0) is 43.2 Å².